The number of aliphatic imine (C=N–C) groups is 1. The molecule has 0 unspecified atom stereocenters. The van der Waals surface area contributed by atoms with Gasteiger partial charge in [-0.25, -0.2) is 8.78 Å². The van der Waals surface area contributed by atoms with E-state index in [0.717, 1.165) is 16.8 Å². The molecule has 0 spiro atoms. The smallest absolute Gasteiger partial charge is 0.129 e. The molecule has 0 saturated carbocycles. The van der Waals surface area contributed by atoms with Crippen LogP contribution in [-0.2, 0) is 0 Å². The molecule has 5 nitrogen and oxygen atoms in total. The van der Waals surface area contributed by atoms with Gasteiger partial charge in [0.2, 0.25) is 0 Å². The molecule has 0 aromatic heterocycles. The molecule has 0 fully saturated rings. The molecule has 0 atom stereocenters. The van der Waals surface area contributed by atoms with Gasteiger partial charge >= 0.3 is 0 Å². The standard InChI is InChI=1S/C22H23F2N3O2/c1-26-12-16(21-8-7-18(24)10-22(21)28-3)11-25-15-27(2)19(13-26)14-29-20-6-4-5-17(23)9-20/h4-13H,14-15H2,1-3H3/b16-12?,19-13-,25-11?. The third-order valence-electron chi connectivity index (χ3n) is 4.37. The Kier molecular flexibility index (Phi) is 6.49. The molecule has 0 aliphatic carbocycles. The number of benzene rings is 2. The Morgan fingerprint density at radius 3 is 2.59 bits per heavy atom. The zero-order chi connectivity index (χ0) is 20.8. The maximum atomic E-state index is 13.5. The lowest BCUT2D eigenvalue weighted by atomic mass is 10.1. The van der Waals surface area contributed by atoms with Crippen LogP contribution >= 0.6 is 0 Å². The van der Waals surface area contributed by atoms with Crippen molar-refractivity contribution in [1.29, 1.82) is 0 Å². The highest BCUT2D eigenvalue weighted by atomic mass is 19.1. The number of hydrogen-bond acceptors (Lipinski definition) is 5. The van der Waals surface area contributed by atoms with Crippen molar-refractivity contribution in [3.63, 3.8) is 0 Å². The Morgan fingerprint density at radius 1 is 1.03 bits per heavy atom. The summed E-state index contributed by atoms with van der Waals surface area (Å²) in [5, 5.41) is 0. The van der Waals surface area contributed by atoms with Crippen molar-refractivity contribution in [2.45, 2.75) is 0 Å². The summed E-state index contributed by atoms with van der Waals surface area (Å²) in [4.78, 5) is 8.29. The molecule has 1 heterocycles. The van der Waals surface area contributed by atoms with Crippen molar-refractivity contribution in [1.82, 2.24) is 9.80 Å². The van der Waals surface area contributed by atoms with Gasteiger partial charge in [0.05, 0.1) is 12.8 Å². The molecule has 152 valence electrons. The predicted molar refractivity (Wildman–Crippen MR) is 110 cm³/mol. The van der Waals surface area contributed by atoms with E-state index in [1.54, 1.807) is 24.4 Å². The molecule has 1 aliphatic rings. The molecule has 0 radical (unpaired) electrons. The average molecular weight is 399 g/mol. The van der Waals surface area contributed by atoms with E-state index in [4.69, 9.17) is 9.47 Å². The van der Waals surface area contributed by atoms with Crippen molar-refractivity contribution in [2.75, 3.05) is 34.5 Å². The van der Waals surface area contributed by atoms with Gasteiger partial charge in [0.25, 0.3) is 0 Å². The molecule has 0 saturated heterocycles. The van der Waals surface area contributed by atoms with Crippen molar-refractivity contribution < 1.29 is 18.3 Å². The van der Waals surface area contributed by atoms with Crippen LogP contribution in [0.5, 0.6) is 11.5 Å². The Labute approximate surface area is 169 Å². The summed E-state index contributed by atoms with van der Waals surface area (Å²) in [6, 6.07) is 10.4. The molecule has 0 N–H and O–H groups in total. The van der Waals surface area contributed by atoms with Gasteiger partial charge in [-0.2, -0.15) is 0 Å². The largest absolute Gasteiger partial charge is 0.496 e. The van der Waals surface area contributed by atoms with Gasteiger partial charge < -0.3 is 19.3 Å². The number of allylic oxidation sites excluding steroid dienone is 1. The lowest BCUT2D eigenvalue weighted by Crippen LogP contribution is -2.24. The molecule has 1 aliphatic heterocycles. The van der Waals surface area contributed by atoms with Gasteiger partial charge in [0.1, 0.15) is 36.4 Å². The Morgan fingerprint density at radius 2 is 1.83 bits per heavy atom. The van der Waals surface area contributed by atoms with Gasteiger partial charge in [-0.05, 0) is 24.3 Å². The number of ether oxygens (including phenoxy) is 2. The summed E-state index contributed by atoms with van der Waals surface area (Å²) in [7, 11) is 5.28. The summed E-state index contributed by atoms with van der Waals surface area (Å²) in [6.45, 7) is 0.649. The van der Waals surface area contributed by atoms with E-state index in [1.807, 2.05) is 36.3 Å². The van der Waals surface area contributed by atoms with E-state index in [1.165, 1.54) is 31.4 Å². The van der Waals surface area contributed by atoms with Gasteiger partial charge in [-0.15, -0.1) is 0 Å². The highest BCUT2D eigenvalue weighted by Crippen LogP contribution is 2.27. The molecule has 0 amide bonds. The van der Waals surface area contributed by atoms with Gasteiger partial charge in [0.15, 0.2) is 0 Å². The molecular formula is C22H23F2N3O2. The SMILES string of the molecule is COc1cc(F)ccc1C1=CN(C)/C=C(/COc2cccc(F)c2)N(C)CN=C1. The first-order valence-corrected chi connectivity index (χ1v) is 9.04. The van der Waals surface area contributed by atoms with Gasteiger partial charge in [0, 0.05) is 56.0 Å². The number of nitrogens with zero attached hydrogens (tertiary/aromatic N) is 3. The minimum Gasteiger partial charge on any atom is -0.496 e. The second kappa shape index (κ2) is 9.23. The molecule has 7 heteroatoms. The minimum atomic E-state index is -0.365. The zero-order valence-corrected chi connectivity index (χ0v) is 16.6. The first-order chi connectivity index (χ1) is 14.0. The predicted octanol–water partition coefficient (Wildman–Crippen LogP) is 4.14. The van der Waals surface area contributed by atoms with E-state index in [9.17, 15) is 8.78 Å². The molecule has 2 aromatic rings. The Balaban J connectivity index is 1.85. The third kappa shape index (κ3) is 5.34. The zero-order valence-electron chi connectivity index (χ0n) is 16.6. The van der Waals surface area contributed by atoms with Crippen LogP contribution in [0.15, 0.2) is 65.6 Å². The van der Waals surface area contributed by atoms with Crippen LogP contribution in [0, 0.1) is 11.6 Å². The second-order valence-corrected chi connectivity index (χ2v) is 6.61. The highest BCUT2D eigenvalue weighted by Gasteiger charge is 2.13. The Hall–Kier alpha value is -3.35. The second-order valence-electron chi connectivity index (χ2n) is 6.61. The Bertz CT molecular complexity index is 957. The number of halogens is 2. The first kappa shape index (κ1) is 20.4. The fourth-order valence-corrected chi connectivity index (χ4v) is 2.88. The number of methoxy groups -OCH3 is 1. The van der Waals surface area contributed by atoms with Crippen molar-refractivity contribution in [2.24, 2.45) is 4.99 Å². The number of hydrogen-bond donors (Lipinski definition) is 0. The third-order valence-corrected chi connectivity index (χ3v) is 4.37. The van der Waals surface area contributed by atoms with Gasteiger partial charge in [-0.3, -0.25) is 4.99 Å². The maximum Gasteiger partial charge on any atom is 0.129 e. The maximum absolute atomic E-state index is 13.5. The molecular weight excluding hydrogens is 376 g/mol. The van der Waals surface area contributed by atoms with E-state index in [2.05, 4.69) is 4.99 Å². The van der Waals surface area contributed by atoms with E-state index in [-0.39, 0.29) is 18.2 Å². The number of rotatable bonds is 5. The fourth-order valence-electron chi connectivity index (χ4n) is 2.88. The summed E-state index contributed by atoms with van der Waals surface area (Å²) in [5.74, 6) is 0.178. The van der Waals surface area contributed by atoms with Crippen molar-refractivity contribution >= 4 is 11.8 Å². The highest BCUT2D eigenvalue weighted by molar-refractivity contribution is 6.10. The van der Waals surface area contributed by atoms with Gasteiger partial charge in [-0.1, -0.05) is 6.07 Å². The summed E-state index contributed by atoms with van der Waals surface area (Å²) < 4.78 is 38.0. The minimum absolute atomic E-state index is 0.253. The first-order valence-electron chi connectivity index (χ1n) is 9.04. The molecule has 0 bridgehead atoms. The summed E-state index contributed by atoms with van der Waals surface area (Å²) in [6.07, 6.45) is 5.51. The fraction of sp³-hybridized carbons (Fsp3) is 0.227. The molecule has 29 heavy (non-hydrogen) atoms. The number of likely N-dealkylation sites (N-methyl/N-ethyl adjacent to an activating group) is 1. The lowest BCUT2D eigenvalue weighted by Gasteiger charge is -2.22. The van der Waals surface area contributed by atoms with Crippen LogP contribution in [-0.4, -0.2) is 50.5 Å². The van der Waals surface area contributed by atoms with Crippen LogP contribution in [0.4, 0.5) is 8.78 Å². The van der Waals surface area contributed by atoms with Crippen LogP contribution in [0.3, 0.4) is 0 Å². The van der Waals surface area contributed by atoms with E-state index in [0.29, 0.717) is 18.2 Å². The monoisotopic (exact) mass is 399 g/mol. The normalized spacial score (nSPS) is 16.3. The summed E-state index contributed by atoms with van der Waals surface area (Å²) in [5.41, 5.74) is 2.37. The summed E-state index contributed by atoms with van der Waals surface area (Å²) >= 11 is 0. The van der Waals surface area contributed by atoms with Crippen LogP contribution in [0.25, 0.3) is 5.57 Å². The van der Waals surface area contributed by atoms with E-state index >= 15 is 0 Å². The van der Waals surface area contributed by atoms with Crippen molar-refractivity contribution in [3.05, 3.63) is 77.8 Å². The molecule has 3 rings (SSSR count). The average Bonchev–Trinajstić information content (AvgIpc) is 2.76. The van der Waals surface area contributed by atoms with Crippen LogP contribution in [0.1, 0.15) is 5.56 Å². The van der Waals surface area contributed by atoms with Crippen molar-refractivity contribution in [3.8, 4) is 11.5 Å². The lowest BCUT2D eigenvalue weighted by molar-refractivity contribution is 0.288. The van der Waals surface area contributed by atoms with Crippen LogP contribution < -0.4 is 9.47 Å². The van der Waals surface area contributed by atoms with Crippen LogP contribution in [0.2, 0.25) is 0 Å². The topological polar surface area (TPSA) is 37.3 Å². The van der Waals surface area contributed by atoms with E-state index < -0.39 is 0 Å². The quantitative estimate of drug-likeness (QED) is 0.757. The molecule has 2 aromatic carbocycles.